The molecule has 9 heteroatoms. The number of carbonyl (C=O) groups excluding carboxylic acids is 2. The second-order valence-electron chi connectivity index (χ2n) is 8.81. The Kier molecular flexibility index (Phi) is 8.67. The number of piperidine rings is 2. The van der Waals surface area contributed by atoms with Gasteiger partial charge in [0.2, 0.25) is 15.9 Å². The maximum Gasteiger partial charge on any atom is 0.253 e. The number of rotatable bonds is 8. The molecule has 8 nitrogen and oxygen atoms in total. The van der Waals surface area contributed by atoms with Crippen LogP contribution in [0.2, 0.25) is 0 Å². The molecule has 0 atom stereocenters. The number of benzene rings is 1. The summed E-state index contributed by atoms with van der Waals surface area (Å²) in [6.45, 7) is 5.46. The SMILES string of the molecule is COCCCNC(=O)C1CCN(C(=O)c2ccc(S(=O)(=O)N3CCC(C)CC3)cc2)CC1. The van der Waals surface area contributed by atoms with Crippen molar-refractivity contribution in [2.24, 2.45) is 11.8 Å². The molecule has 2 fully saturated rings. The first-order valence-electron chi connectivity index (χ1n) is 11.5. The van der Waals surface area contributed by atoms with Crippen molar-refractivity contribution in [3.05, 3.63) is 29.8 Å². The molecule has 0 spiro atoms. The summed E-state index contributed by atoms with van der Waals surface area (Å²) in [6.07, 6.45) is 3.78. The summed E-state index contributed by atoms with van der Waals surface area (Å²) in [4.78, 5) is 27.1. The molecular weight excluding hydrogens is 430 g/mol. The van der Waals surface area contributed by atoms with Gasteiger partial charge < -0.3 is 15.0 Å². The van der Waals surface area contributed by atoms with E-state index in [1.807, 2.05) is 0 Å². The van der Waals surface area contributed by atoms with E-state index in [0.717, 1.165) is 19.3 Å². The minimum atomic E-state index is -3.52. The topological polar surface area (TPSA) is 96.0 Å². The number of ether oxygens (including phenoxy) is 1. The Morgan fingerprint density at radius 3 is 2.25 bits per heavy atom. The lowest BCUT2D eigenvalue weighted by Gasteiger charge is -2.31. The fraction of sp³-hybridized carbons (Fsp3) is 0.652. The van der Waals surface area contributed by atoms with Crippen LogP contribution in [0.5, 0.6) is 0 Å². The van der Waals surface area contributed by atoms with Gasteiger partial charge in [0.15, 0.2) is 0 Å². The van der Waals surface area contributed by atoms with Crippen molar-refractivity contribution in [2.45, 2.75) is 43.9 Å². The zero-order chi connectivity index (χ0) is 23.1. The van der Waals surface area contributed by atoms with Crippen LogP contribution in [0.4, 0.5) is 0 Å². The van der Waals surface area contributed by atoms with Gasteiger partial charge in [0.05, 0.1) is 4.90 Å². The number of hydrogen-bond acceptors (Lipinski definition) is 5. The Labute approximate surface area is 191 Å². The molecule has 32 heavy (non-hydrogen) atoms. The highest BCUT2D eigenvalue weighted by molar-refractivity contribution is 7.89. The zero-order valence-corrected chi connectivity index (χ0v) is 19.9. The highest BCUT2D eigenvalue weighted by Gasteiger charge is 2.30. The molecule has 178 valence electrons. The third kappa shape index (κ3) is 6.08. The van der Waals surface area contributed by atoms with E-state index in [2.05, 4.69) is 12.2 Å². The zero-order valence-electron chi connectivity index (χ0n) is 19.1. The second kappa shape index (κ2) is 11.2. The van der Waals surface area contributed by atoms with Gasteiger partial charge in [-0.15, -0.1) is 0 Å². The number of sulfonamides is 1. The average Bonchev–Trinajstić information content (AvgIpc) is 2.82. The van der Waals surface area contributed by atoms with Gasteiger partial charge in [-0.3, -0.25) is 9.59 Å². The van der Waals surface area contributed by atoms with Crippen molar-refractivity contribution >= 4 is 21.8 Å². The van der Waals surface area contributed by atoms with E-state index in [1.165, 1.54) is 16.4 Å². The minimum absolute atomic E-state index is 0.0369. The standard InChI is InChI=1S/C23H35N3O5S/c1-18-8-15-26(16-9-18)32(29,30)21-6-4-20(5-7-21)23(28)25-13-10-19(11-14-25)22(27)24-12-3-17-31-2/h4-7,18-19H,3,8-17H2,1-2H3,(H,24,27). The normalized spacial score (nSPS) is 19.1. The van der Waals surface area contributed by atoms with Gasteiger partial charge in [0.25, 0.3) is 5.91 Å². The lowest BCUT2D eigenvalue weighted by atomic mass is 9.95. The van der Waals surface area contributed by atoms with Crippen LogP contribution in [0.3, 0.4) is 0 Å². The highest BCUT2D eigenvalue weighted by Crippen LogP contribution is 2.24. The van der Waals surface area contributed by atoms with Crippen molar-refractivity contribution in [3.63, 3.8) is 0 Å². The quantitative estimate of drug-likeness (QED) is 0.593. The maximum absolute atomic E-state index is 12.9. The van der Waals surface area contributed by atoms with Crippen molar-refractivity contribution in [3.8, 4) is 0 Å². The average molecular weight is 466 g/mol. The molecule has 2 aliphatic heterocycles. The molecule has 2 saturated heterocycles. The van der Waals surface area contributed by atoms with Gasteiger partial charge >= 0.3 is 0 Å². The molecule has 2 heterocycles. The highest BCUT2D eigenvalue weighted by atomic mass is 32.2. The molecule has 1 N–H and O–H groups in total. The van der Waals surface area contributed by atoms with Crippen LogP contribution in [-0.2, 0) is 19.6 Å². The fourth-order valence-electron chi connectivity index (χ4n) is 4.24. The number of nitrogens with zero attached hydrogens (tertiary/aromatic N) is 2. The van der Waals surface area contributed by atoms with E-state index < -0.39 is 10.0 Å². The summed E-state index contributed by atoms with van der Waals surface area (Å²) in [5.41, 5.74) is 0.471. The smallest absolute Gasteiger partial charge is 0.253 e. The Bertz CT molecular complexity index is 871. The van der Waals surface area contributed by atoms with Crippen LogP contribution >= 0.6 is 0 Å². The number of carbonyl (C=O) groups is 2. The summed E-state index contributed by atoms with van der Waals surface area (Å²) >= 11 is 0. The van der Waals surface area contributed by atoms with Crippen LogP contribution in [0, 0.1) is 11.8 Å². The van der Waals surface area contributed by atoms with E-state index in [9.17, 15) is 18.0 Å². The van der Waals surface area contributed by atoms with E-state index in [0.29, 0.717) is 63.7 Å². The lowest BCUT2D eigenvalue weighted by molar-refractivity contribution is -0.126. The van der Waals surface area contributed by atoms with Gasteiger partial charge in [-0.05, 0) is 62.3 Å². The third-order valence-electron chi connectivity index (χ3n) is 6.46. The molecule has 0 saturated carbocycles. The monoisotopic (exact) mass is 465 g/mol. The molecule has 0 aromatic heterocycles. The van der Waals surface area contributed by atoms with Crippen LogP contribution < -0.4 is 5.32 Å². The summed E-state index contributed by atoms with van der Waals surface area (Å²) in [7, 11) is -1.89. The molecular formula is C23H35N3O5S. The fourth-order valence-corrected chi connectivity index (χ4v) is 5.71. The van der Waals surface area contributed by atoms with Crippen molar-refractivity contribution < 1.29 is 22.7 Å². The molecule has 0 aliphatic carbocycles. The van der Waals surface area contributed by atoms with Gasteiger partial charge in [-0.1, -0.05) is 6.92 Å². The van der Waals surface area contributed by atoms with Crippen LogP contribution in [-0.4, -0.2) is 75.9 Å². The van der Waals surface area contributed by atoms with Crippen LogP contribution in [0.25, 0.3) is 0 Å². The number of methoxy groups -OCH3 is 1. The van der Waals surface area contributed by atoms with E-state index in [4.69, 9.17) is 4.74 Å². The molecule has 0 unspecified atom stereocenters. The maximum atomic E-state index is 12.9. The minimum Gasteiger partial charge on any atom is -0.385 e. The largest absolute Gasteiger partial charge is 0.385 e. The van der Waals surface area contributed by atoms with E-state index in [1.54, 1.807) is 24.1 Å². The molecule has 0 radical (unpaired) electrons. The first kappa shape index (κ1) is 24.7. The van der Waals surface area contributed by atoms with E-state index in [-0.39, 0.29) is 22.6 Å². The second-order valence-corrected chi connectivity index (χ2v) is 10.8. The first-order chi connectivity index (χ1) is 15.3. The summed E-state index contributed by atoms with van der Waals surface area (Å²) in [6, 6.07) is 6.24. The Morgan fingerprint density at radius 2 is 1.66 bits per heavy atom. The number of amides is 2. The van der Waals surface area contributed by atoms with Crippen molar-refractivity contribution in [1.82, 2.24) is 14.5 Å². The summed E-state index contributed by atoms with van der Waals surface area (Å²) in [5, 5.41) is 2.93. The third-order valence-corrected chi connectivity index (χ3v) is 8.37. The Balaban J connectivity index is 1.52. The predicted molar refractivity (Wildman–Crippen MR) is 122 cm³/mol. The van der Waals surface area contributed by atoms with Crippen LogP contribution in [0.15, 0.2) is 29.2 Å². The molecule has 0 bridgehead atoms. The first-order valence-corrected chi connectivity index (χ1v) is 12.9. The van der Waals surface area contributed by atoms with E-state index >= 15 is 0 Å². The van der Waals surface area contributed by atoms with Crippen molar-refractivity contribution in [1.29, 1.82) is 0 Å². The molecule has 1 aromatic rings. The molecule has 2 aliphatic rings. The van der Waals surface area contributed by atoms with Gasteiger partial charge in [-0.25, -0.2) is 8.42 Å². The van der Waals surface area contributed by atoms with Gasteiger partial charge in [-0.2, -0.15) is 4.31 Å². The number of likely N-dealkylation sites (tertiary alicyclic amines) is 1. The Morgan fingerprint density at radius 1 is 1.03 bits per heavy atom. The molecule has 3 rings (SSSR count). The summed E-state index contributed by atoms with van der Waals surface area (Å²) in [5.74, 6) is 0.378. The molecule has 1 aromatic carbocycles. The summed E-state index contributed by atoms with van der Waals surface area (Å²) < 4.78 is 32.3. The number of nitrogens with one attached hydrogen (secondary N) is 1. The van der Waals surface area contributed by atoms with Crippen molar-refractivity contribution in [2.75, 3.05) is 46.4 Å². The predicted octanol–water partition coefficient (Wildman–Crippen LogP) is 2.11. The lowest BCUT2D eigenvalue weighted by Crippen LogP contribution is -2.43. The Hall–Kier alpha value is -1.97. The number of hydrogen-bond donors (Lipinski definition) is 1. The van der Waals surface area contributed by atoms with Gasteiger partial charge in [0, 0.05) is 57.9 Å². The van der Waals surface area contributed by atoms with Gasteiger partial charge in [0.1, 0.15) is 0 Å². The molecule has 2 amide bonds. The van der Waals surface area contributed by atoms with Crippen LogP contribution in [0.1, 0.15) is 49.4 Å².